The van der Waals surface area contributed by atoms with Gasteiger partial charge in [-0.2, -0.15) is 0 Å². The predicted molar refractivity (Wildman–Crippen MR) is 83.0 cm³/mol. The lowest BCUT2D eigenvalue weighted by Gasteiger charge is -2.29. The Labute approximate surface area is 128 Å². The maximum absolute atomic E-state index is 13.7. The van der Waals surface area contributed by atoms with Crippen LogP contribution in [0.25, 0.3) is 10.9 Å². The van der Waals surface area contributed by atoms with Crippen molar-refractivity contribution in [1.82, 2.24) is 15.6 Å². The Morgan fingerprint density at radius 1 is 1.27 bits per heavy atom. The Hall–Kier alpha value is -2.37. The second-order valence-electron chi connectivity index (χ2n) is 6.27. The second kappa shape index (κ2) is 5.79. The van der Waals surface area contributed by atoms with E-state index in [0.717, 1.165) is 0 Å². The summed E-state index contributed by atoms with van der Waals surface area (Å²) in [5, 5.41) is 5.59. The number of fused-ring (bicyclic) bond motifs is 1. The zero-order valence-electron chi connectivity index (χ0n) is 13.1. The fourth-order valence-corrected chi connectivity index (χ4v) is 2.27. The lowest BCUT2D eigenvalue weighted by atomic mass is 9.86. The average Bonchev–Trinajstić information content (AvgIpc) is 2.88. The molecule has 0 unspecified atom stereocenters. The second-order valence-corrected chi connectivity index (χ2v) is 6.27. The molecular formula is C16H20FN3O2. The van der Waals surface area contributed by atoms with Crippen LogP contribution in [0, 0.1) is 11.2 Å². The number of likely N-dealkylation sites (N-methyl/N-ethyl adjacent to an activating group) is 1. The Bertz CT molecular complexity index is 716. The molecule has 0 fully saturated rings. The van der Waals surface area contributed by atoms with Crippen LogP contribution in [0.2, 0.25) is 0 Å². The van der Waals surface area contributed by atoms with Gasteiger partial charge in [0.25, 0.3) is 5.91 Å². The Kier molecular flexibility index (Phi) is 4.21. The summed E-state index contributed by atoms with van der Waals surface area (Å²) in [4.78, 5) is 27.2. The zero-order valence-corrected chi connectivity index (χ0v) is 13.1. The fourth-order valence-electron chi connectivity index (χ4n) is 2.27. The molecule has 1 heterocycles. The van der Waals surface area contributed by atoms with E-state index in [0.29, 0.717) is 10.9 Å². The summed E-state index contributed by atoms with van der Waals surface area (Å²) in [5.74, 6) is -1.12. The molecule has 1 aromatic heterocycles. The molecule has 1 aromatic carbocycles. The van der Waals surface area contributed by atoms with Crippen molar-refractivity contribution in [1.29, 1.82) is 0 Å². The number of carbonyl (C=O) groups excluding carboxylic acids is 2. The van der Waals surface area contributed by atoms with Gasteiger partial charge in [-0.25, -0.2) is 4.39 Å². The number of halogens is 1. The molecule has 0 aliphatic carbocycles. The number of carbonyl (C=O) groups is 2. The quantitative estimate of drug-likeness (QED) is 0.813. The Morgan fingerprint density at radius 3 is 2.50 bits per heavy atom. The zero-order chi connectivity index (χ0) is 16.5. The van der Waals surface area contributed by atoms with Gasteiger partial charge in [0.1, 0.15) is 17.6 Å². The van der Waals surface area contributed by atoms with Crippen molar-refractivity contribution in [3.05, 3.63) is 35.8 Å². The molecule has 0 saturated carbocycles. The average molecular weight is 305 g/mol. The molecule has 0 aliphatic rings. The minimum Gasteiger partial charge on any atom is -0.357 e. The third-order valence-corrected chi connectivity index (χ3v) is 3.51. The van der Waals surface area contributed by atoms with Crippen molar-refractivity contribution in [2.75, 3.05) is 7.05 Å². The number of aromatic amines is 1. The van der Waals surface area contributed by atoms with Gasteiger partial charge in [-0.1, -0.05) is 26.8 Å². The first-order valence-electron chi connectivity index (χ1n) is 7.03. The summed E-state index contributed by atoms with van der Waals surface area (Å²) in [7, 11) is 1.52. The van der Waals surface area contributed by atoms with E-state index >= 15 is 0 Å². The summed E-state index contributed by atoms with van der Waals surface area (Å²) >= 11 is 0. The number of hydrogen-bond donors (Lipinski definition) is 3. The first-order chi connectivity index (χ1) is 10.2. The molecule has 2 amide bonds. The third kappa shape index (κ3) is 3.10. The van der Waals surface area contributed by atoms with Gasteiger partial charge in [0, 0.05) is 18.0 Å². The van der Waals surface area contributed by atoms with Crippen molar-refractivity contribution in [3.63, 3.8) is 0 Å². The van der Waals surface area contributed by atoms with Crippen LogP contribution in [0.5, 0.6) is 0 Å². The number of amides is 2. The molecule has 118 valence electrons. The van der Waals surface area contributed by atoms with E-state index in [1.807, 2.05) is 20.8 Å². The number of hydrogen-bond acceptors (Lipinski definition) is 2. The van der Waals surface area contributed by atoms with Crippen LogP contribution in [-0.2, 0) is 4.79 Å². The molecule has 2 aromatic rings. The van der Waals surface area contributed by atoms with Gasteiger partial charge in [0.05, 0.1) is 0 Å². The maximum atomic E-state index is 13.7. The molecule has 0 saturated heterocycles. The number of H-pyrrole nitrogens is 1. The van der Waals surface area contributed by atoms with Crippen LogP contribution >= 0.6 is 0 Å². The van der Waals surface area contributed by atoms with E-state index in [-0.39, 0.29) is 11.6 Å². The van der Waals surface area contributed by atoms with Crippen LogP contribution < -0.4 is 10.6 Å². The summed E-state index contributed by atoms with van der Waals surface area (Å²) in [6.45, 7) is 5.58. The molecule has 1 atom stereocenters. The van der Waals surface area contributed by atoms with Gasteiger partial charge in [0.2, 0.25) is 5.91 Å². The highest BCUT2D eigenvalue weighted by Crippen LogP contribution is 2.21. The standard InChI is InChI=1S/C16H20FN3O2/c1-16(2,3)13(15(22)18-4)20-14(21)12-8-9-10(17)6-5-7-11(9)19-12/h5-8,13,19H,1-4H3,(H,18,22)(H,20,21)/t13-/m1/s1. The number of rotatable bonds is 3. The summed E-state index contributed by atoms with van der Waals surface area (Å²) in [6.07, 6.45) is 0. The van der Waals surface area contributed by atoms with Gasteiger partial charge >= 0.3 is 0 Å². The summed E-state index contributed by atoms with van der Waals surface area (Å²) in [5.41, 5.74) is 0.308. The molecule has 2 rings (SSSR count). The molecule has 6 heteroatoms. The maximum Gasteiger partial charge on any atom is 0.268 e. The lowest BCUT2D eigenvalue weighted by Crippen LogP contribution is -2.52. The van der Waals surface area contributed by atoms with Gasteiger partial charge in [-0.05, 0) is 23.6 Å². The van der Waals surface area contributed by atoms with Crippen LogP contribution in [0.15, 0.2) is 24.3 Å². The van der Waals surface area contributed by atoms with Crippen LogP contribution in [0.1, 0.15) is 31.3 Å². The van der Waals surface area contributed by atoms with Crippen molar-refractivity contribution < 1.29 is 14.0 Å². The molecule has 0 aliphatic heterocycles. The highest BCUT2D eigenvalue weighted by molar-refractivity contribution is 6.00. The lowest BCUT2D eigenvalue weighted by molar-refractivity contribution is -0.124. The molecule has 3 N–H and O–H groups in total. The van der Waals surface area contributed by atoms with Crippen LogP contribution in [0.3, 0.4) is 0 Å². The molecule has 22 heavy (non-hydrogen) atoms. The van der Waals surface area contributed by atoms with Crippen molar-refractivity contribution in [2.45, 2.75) is 26.8 Å². The largest absolute Gasteiger partial charge is 0.357 e. The number of nitrogens with one attached hydrogen (secondary N) is 3. The molecule has 0 spiro atoms. The van der Waals surface area contributed by atoms with Gasteiger partial charge in [0.15, 0.2) is 0 Å². The Morgan fingerprint density at radius 2 is 1.95 bits per heavy atom. The van der Waals surface area contributed by atoms with Crippen molar-refractivity contribution in [2.24, 2.45) is 5.41 Å². The summed E-state index contributed by atoms with van der Waals surface area (Å²) < 4.78 is 13.7. The number of benzene rings is 1. The molecule has 0 radical (unpaired) electrons. The monoisotopic (exact) mass is 305 g/mol. The molecule has 5 nitrogen and oxygen atoms in total. The normalized spacial score (nSPS) is 13.0. The van der Waals surface area contributed by atoms with Gasteiger partial charge < -0.3 is 15.6 Å². The summed E-state index contributed by atoms with van der Waals surface area (Å²) in [6, 6.07) is 5.35. The van der Waals surface area contributed by atoms with Gasteiger partial charge in [-0.3, -0.25) is 9.59 Å². The first kappa shape index (κ1) is 16.0. The molecular weight excluding hydrogens is 285 g/mol. The number of aromatic nitrogens is 1. The van der Waals surface area contributed by atoms with Crippen molar-refractivity contribution in [3.8, 4) is 0 Å². The minimum atomic E-state index is -0.693. The van der Waals surface area contributed by atoms with E-state index in [4.69, 9.17) is 0 Å². The van der Waals surface area contributed by atoms with Crippen molar-refractivity contribution >= 4 is 22.7 Å². The van der Waals surface area contributed by atoms with E-state index in [1.165, 1.54) is 19.2 Å². The van der Waals surface area contributed by atoms with Crippen LogP contribution in [0.4, 0.5) is 4.39 Å². The van der Waals surface area contributed by atoms with E-state index < -0.39 is 23.2 Å². The smallest absolute Gasteiger partial charge is 0.268 e. The minimum absolute atomic E-state index is 0.221. The highest BCUT2D eigenvalue weighted by atomic mass is 19.1. The fraction of sp³-hybridized carbons (Fsp3) is 0.375. The third-order valence-electron chi connectivity index (χ3n) is 3.51. The Balaban J connectivity index is 2.29. The van der Waals surface area contributed by atoms with Gasteiger partial charge in [-0.15, -0.1) is 0 Å². The van der Waals surface area contributed by atoms with E-state index in [2.05, 4.69) is 15.6 Å². The van der Waals surface area contributed by atoms with Crippen LogP contribution in [-0.4, -0.2) is 29.9 Å². The van der Waals surface area contributed by atoms with E-state index in [9.17, 15) is 14.0 Å². The highest BCUT2D eigenvalue weighted by Gasteiger charge is 2.32. The molecule has 0 bridgehead atoms. The topological polar surface area (TPSA) is 74.0 Å². The SMILES string of the molecule is CNC(=O)[C@@H](NC(=O)c1cc2c(F)cccc2[nH]1)C(C)(C)C. The first-order valence-corrected chi connectivity index (χ1v) is 7.03. The predicted octanol–water partition coefficient (Wildman–Crippen LogP) is 2.20. The van der Waals surface area contributed by atoms with E-state index in [1.54, 1.807) is 12.1 Å².